The Kier molecular flexibility index (Phi) is 51.1. The van der Waals surface area contributed by atoms with E-state index in [-0.39, 0.29) is 63.5 Å². The van der Waals surface area contributed by atoms with Crippen molar-refractivity contribution in [3.05, 3.63) is 35.9 Å². The van der Waals surface area contributed by atoms with Crippen LogP contribution in [0.5, 0.6) is 0 Å². The number of unbranched alkanes of at least 4 members (excludes halogenated alkanes) is 1. The van der Waals surface area contributed by atoms with Crippen LogP contribution >= 0.6 is 12.6 Å². The Morgan fingerprint density at radius 3 is 1.10 bits per heavy atom. The number of nitrogens with one attached hydrogen (secondary N) is 17. The van der Waals surface area contributed by atoms with E-state index in [0.29, 0.717) is 12.0 Å². The molecule has 0 aromatic heterocycles. The fourth-order valence-electron chi connectivity index (χ4n) is 11.8. The SMILES string of the molecule is CC(C)C[C@H](NC(=O)[C@H](Cc1ccccc1)NC(=O)[C@@H](N)CCCNC(=N)N)C(=O)N[C@@H](C)C(=O)N[C@@H](CCCCN)C(=O)N[C@@H](CCC(=O)O)C(=O)N[C@@H](CC(N)=O)C(=O)N[C@H](C(=O)N[C@H](C(=O)N[C@@H](CCC(N)=O)C(=O)N[C@@H](CC(=O)O)C(=O)N[C@@H](C)C(=O)N[C@@H](CCC(=O)O)C(=O)N[C@@H](CC(=O)O)C(=O)N[C@@H](CC(N)=O)C(=O)N[C@@H](CS)C(=O)O)[C@@H](C)O)C(C)C. The van der Waals surface area contributed by atoms with Crippen molar-refractivity contribution in [2.24, 2.45) is 46.2 Å². The molecule has 0 spiro atoms. The van der Waals surface area contributed by atoms with Crippen LogP contribution in [0.1, 0.15) is 157 Å². The van der Waals surface area contributed by atoms with Gasteiger partial charge in [-0.1, -0.05) is 58.0 Å². The van der Waals surface area contributed by atoms with Gasteiger partial charge in [-0.15, -0.1) is 0 Å². The van der Waals surface area contributed by atoms with E-state index >= 15 is 0 Å². The van der Waals surface area contributed by atoms with Crippen LogP contribution in [-0.4, -0.2) is 294 Å². The van der Waals surface area contributed by atoms with Gasteiger partial charge in [0, 0.05) is 38.0 Å². The lowest BCUT2D eigenvalue weighted by Gasteiger charge is -2.29. The van der Waals surface area contributed by atoms with Crippen molar-refractivity contribution < 1.29 is 141 Å². The molecule has 129 heavy (non-hydrogen) atoms. The number of amides is 18. The van der Waals surface area contributed by atoms with Crippen LogP contribution in [-0.2, 0) is 117 Å². The van der Waals surface area contributed by atoms with Gasteiger partial charge < -0.3 is 150 Å². The minimum Gasteiger partial charge on any atom is -0.481 e. The number of carbonyl (C=O) groups is 23. The summed E-state index contributed by atoms with van der Waals surface area (Å²) in [6.45, 7) is 9.54. The van der Waals surface area contributed by atoms with Gasteiger partial charge in [-0.05, 0) is 103 Å². The summed E-state index contributed by atoms with van der Waals surface area (Å²) in [5.74, 6) is -32.8. The lowest BCUT2D eigenvalue weighted by Crippen LogP contribution is -2.63. The second-order valence-corrected chi connectivity index (χ2v) is 31.1. The van der Waals surface area contributed by atoms with Gasteiger partial charge in [0.05, 0.1) is 37.8 Å². The number of primary amides is 3. The van der Waals surface area contributed by atoms with Crippen LogP contribution in [0.2, 0.25) is 0 Å². The number of carbonyl (C=O) groups excluding carboxylic acids is 18. The molecule has 53 heteroatoms. The molecule has 1 aromatic rings. The van der Waals surface area contributed by atoms with Gasteiger partial charge in [-0.2, -0.15) is 12.6 Å². The zero-order valence-corrected chi connectivity index (χ0v) is 72.9. The van der Waals surface area contributed by atoms with Gasteiger partial charge in [0.15, 0.2) is 5.96 Å². The summed E-state index contributed by atoms with van der Waals surface area (Å²) in [5.41, 5.74) is 33.9. The summed E-state index contributed by atoms with van der Waals surface area (Å²) < 4.78 is 0. The van der Waals surface area contributed by atoms with Crippen LogP contribution in [0.4, 0.5) is 0 Å². The summed E-state index contributed by atoms with van der Waals surface area (Å²) >= 11 is 3.80. The topological polar surface area (TPSA) is 886 Å². The van der Waals surface area contributed by atoms with E-state index in [1.54, 1.807) is 44.2 Å². The fraction of sp³-hybridized carbons (Fsp3) is 0.605. The molecular formula is C76H121N23O29S. The first-order valence-electron chi connectivity index (χ1n) is 40.6. The number of hydrogen-bond acceptors (Lipinski definition) is 28. The number of guanidine groups is 1. The molecule has 52 nitrogen and oxygen atoms in total. The van der Waals surface area contributed by atoms with Gasteiger partial charge in [-0.25, -0.2) is 4.79 Å². The number of rotatable bonds is 63. The number of aliphatic hydroxyl groups is 1. The Morgan fingerprint density at radius 2 is 0.713 bits per heavy atom. The highest BCUT2D eigenvalue weighted by Gasteiger charge is 2.41. The van der Waals surface area contributed by atoms with Crippen molar-refractivity contribution in [2.45, 2.75) is 260 Å². The molecule has 0 saturated heterocycles. The van der Waals surface area contributed by atoms with Crippen LogP contribution in [0.3, 0.4) is 0 Å². The van der Waals surface area contributed by atoms with Crippen molar-refractivity contribution in [1.29, 1.82) is 5.41 Å². The standard InChI is InChI=1S/C76H121N23O29S/c1-33(2)26-44(92-69(121)45(27-38-14-9-8-10-15-38)91-62(114)39(78)16-13-25-84-76(82)83)67(119)85-35(5)60(112)87-40(17-11-12-24-77)63(115)89-43(20-23-55(106)107)66(118)93-47(29-53(81)103)72(124)98-58(34(3)4)73(125)99-59(37(7)100)74(126)90-41(18-21-51(79)101)64(116)95-48(30-56(108)109)68(120)86-36(6)61(113)88-42(19-22-54(104)105)65(117)96-49(31-57(110)111)71(123)94-46(28-52(80)102)70(122)97-50(32-129)75(127)128/h8-10,14-15,33-37,39-50,58-59,100,129H,11-13,16-32,77-78H2,1-7H3,(H2,79,101)(H2,80,102)(H2,81,103)(H,85,119)(H,86,120)(H,87,112)(H,88,113)(H,89,115)(H,90,126)(H,91,114)(H,92,121)(H,93,118)(H,94,123)(H,95,116)(H,96,117)(H,97,122)(H,98,124)(H,99,125)(H,104,105)(H,106,107)(H,108,109)(H,110,111)(H,127,128)(H4,82,83,84)/t35-,36-,37+,39-,40-,41-,42-,43-,44-,45-,46-,47-,48-,49-,50-,58-,59-/m0/s1. The van der Waals surface area contributed by atoms with E-state index in [0.717, 1.165) is 13.8 Å². The minimum atomic E-state index is -2.25. The van der Waals surface area contributed by atoms with Gasteiger partial charge in [0.25, 0.3) is 0 Å². The molecule has 0 heterocycles. The summed E-state index contributed by atoms with van der Waals surface area (Å²) in [6.07, 6.45) is -11.0. The number of thiol groups is 1. The number of nitrogens with two attached hydrogens (primary N) is 6. The monoisotopic (exact) mass is 1850 g/mol. The van der Waals surface area contributed by atoms with Crippen molar-refractivity contribution >= 4 is 155 Å². The Labute approximate surface area is 744 Å². The lowest BCUT2D eigenvalue weighted by atomic mass is 10.0. The first-order valence-corrected chi connectivity index (χ1v) is 41.2. The molecule has 720 valence electrons. The van der Waals surface area contributed by atoms with E-state index < -0.39 is 315 Å². The van der Waals surface area contributed by atoms with Crippen LogP contribution in [0.15, 0.2) is 30.3 Å². The molecule has 0 saturated carbocycles. The molecule has 0 bridgehead atoms. The number of benzene rings is 1. The molecule has 17 atom stereocenters. The third-order valence-corrected chi connectivity index (χ3v) is 19.1. The fourth-order valence-corrected chi connectivity index (χ4v) is 12.1. The van der Waals surface area contributed by atoms with Gasteiger partial charge >= 0.3 is 29.8 Å². The number of hydrogen-bond donors (Lipinski definition) is 30. The lowest BCUT2D eigenvalue weighted by molar-refractivity contribution is -0.143. The average Bonchev–Trinajstić information content (AvgIpc) is 0.840. The second kappa shape index (κ2) is 58.0. The predicted octanol–water partition coefficient (Wildman–Crippen LogP) is -10.9. The van der Waals surface area contributed by atoms with E-state index in [1.165, 1.54) is 20.8 Å². The highest BCUT2D eigenvalue weighted by molar-refractivity contribution is 7.80. The molecule has 1 rings (SSSR count). The number of aliphatic hydroxyl groups excluding tert-OH is 1. The van der Waals surface area contributed by atoms with Crippen molar-refractivity contribution in [3.8, 4) is 0 Å². The normalized spacial score (nSPS) is 15.0. The molecule has 0 aliphatic carbocycles. The number of carboxylic acid groups (broad SMARTS) is 5. The molecule has 35 N–H and O–H groups in total. The van der Waals surface area contributed by atoms with E-state index in [9.17, 15) is 141 Å². The Morgan fingerprint density at radius 1 is 0.364 bits per heavy atom. The van der Waals surface area contributed by atoms with Gasteiger partial charge in [0.2, 0.25) is 106 Å². The molecule has 0 unspecified atom stereocenters. The zero-order valence-electron chi connectivity index (χ0n) is 72.0. The molecule has 0 fully saturated rings. The third-order valence-electron chi connectivity index (χ3n) is 18.8. The number of aliphatic carboxylic acids is 5. The largest absolute Gasteiger partial charge is 0.481 e. The molecule has 0 aliphatic heterocycles. The smallest absolute Gasteiger partial charge is 0.327 e. The predicted molar refractivity (Wildman–Crippen MR) is 452 cm³/mol. The molecule has 0 radical (unpaired) electrons. The molecule has 1 aromatic carbocycles. The van der Waals surface area contributed by atoms with Crippen molar-refractivity contribution in [2.75, 3.05) is 18.8 Å². The average molecular weight is 1850 g/mol. The highest BCUT2D eigenvalue weighted by atomic mass is 32.1. The van der Waals surface area contributed by atoms with Crippen LogP contribution in [0, 0.1) is 17.2 Å². The Balaban J connectivity index is 3.60. The minimum absolute atomic E-state index is 0.00193. The molecule has 18 amide bonds. The third kappa shape index (κ3) is 45.0. The Bertz CT molecular complexity index is 4150. The van der Waals surface area contributed by atoms with E-state index in [4.69, 9.17) is 39.8 Å². The first-order chi connectivity index (χ1) is 60.2. The summed E-state index contributed by atoms with van der Waals surface area (Å²) in [6, 6.07) is -20.4. The second-order valence-electron chi connectivity index (χ2n) is 30.7. The van der Waals surface area contributed by atoms with Crippen LogP contribution < -0.4 is 119 Å². The van der Waals surface area contributed by atoms with Crippen molar-refractivity contribution in [3.63, 3.8) is 0 Å². The van der Waals surface area contributed by atoms with Crippen molar-refractivity contribution in [1.82, 2.24) is 85.1 Å². The maximum Gasteiger partial charge on any atom is 0.327 e. The van der Waals surface area contributed by atoms with Gasteiger partial charge in [0.1, 0.15) is 90.6 Å². The summed E-state index contributed by atoms with van der Waals surface area (Å²) in [4.78, 5) is 305. The zero-order chi connectivity index (χ0) is 98.4. The molecular weight excluding hydrogens is 1730 g/mol. The maximum absolute atomic E-state index is 14.3. The Hall–Kier alpha value is -13.5. The van der Waals surface area contributed by atoms with E-state index in [2.05, 4.69) is 71.1 Å². The van der Waals surface area contributed by atoms with Gasteiger partial charge in [-0.3, -0.25) is 111 Å². The summed E-state index contributed by atoms with van der Waals surface area (Å²) in [5, 5.41) is 102. The van der Waals surface area contributed by atoms with E-state index in [1.807, 2.05) is 26.6 Å². The highest BCUT2D eigenvalue weighted by Crippen LogP contribution is 2.15. The summed E-state index contributed by atoms with van der Waals surface area (Å²) in [7, 11) is 0. The van der Waals surface area contributed by atoms with Crippen LogP contribution in [0.25, 0.3) is 0 Å². The quantitative estimate of drug-likeness (QED) is 0.0125. The molecule has 0 aliphatic rings. The maximum atomic E-state index is 14.3. The number of carboxylic acids is 5. The first kappa shape index (κ1) is 114.